The summed E-state index contributed by atoms with van der Waals surface area (Å²) >= 11 is 0. The molecule has 0 saturated carbocycles. The summed E-state index contributed by atoms with van der Waals surface area (Å²) in [6, 6.07) is 0. The molecule has 5 N–H and O–H groups in total. The van der Waals surface area contributed by atoms with Gasteiger partial charge in [0.1, 0.15) is 5.66 Å². The van der Waals surface area contributed by atoms with Crippen LogP contribution in [0.3, 0.4) is 0 Å². The number of hydrogen-bond acceptors (Lipinski definition) is 3. The highest BCUT2D eigenvalue weighted by atomic mass is 16.1. The van der Waals surface area contributed by atoms with Crippen LogP contribution in [-0.2, 0) is 4.79 Å². The van der Waals surface area contributed by atoms with Crippen LogP contribution < -0.4 is 16.8 Å². The van der Waals surface area contributed by atoms with Gasteiger partial charge in [0.2, 0.25) is 5.91 Å². The quantitative estimate of drug-likeness (QED) is 0.464. The predicted molar refractivity (Wildman–Crippen MR) is 46.8 cm³/mol. The Morgan fingerprint density at radius 2 is 2.42 bits per heavy atom. The van der Waals surface area contributed by atoms with Crippen molar-refractivity contribution in [3.63, 3.8) is 0 Å². The zero-order chi connectivity index (χ0) is 9.19. The fourth-order valence-corrected chi connectivity index (χ4v) is 1.21. The van der Waals surface area contributed by atoms with Crippen molar-refractivity contribution in [1.82, 2.24) is 5.32 Å². The van der Waals surface area contributed by atoms with Gasteiger partial charge >= 0.3 is 0 Å². The summed E-state index contributed by atoms with van der Waals surface area (Å²) in [6.07, 6.45) is 5.70. The molecule has 0 bridgehead atoms. The number of amides is 1. The first-order valence-electron chi connectivity index (χ1n) is 3.73. The highest BCUT2D eigenvalue weighted by molar-refractivity contribution is 5.74. The largest absolute Gasteiger partial charge is 0.402 e. The standard InChI is InChI=1S/C8H13N3O/c1-6(12)11-8(10)4-2-3-7(9)5-8/h2-4H,5,9-10H2,1H3,(H,11,12). The summed E-state index contributed by atoms with van der Waals surface area (Å²) < 4.78 is 0. The average Bonchev–Trinajstić information content (AvgIpc) is 1.82. The number of carbonyl (C=O) groups is 1. The Balaban J connectivity index is 2.69. The van der Waals surface area contributed by atoms with Gasteiger partial charge in [-0.25, -0.2) is 0 Å². The van der Waals surface area contributed by atoms with Crippen molar-refractivity contribution in [2.45, 2.75) is 19.0 Å². The molecule has 66 valence electrons. The zero-order valence-corrected chi connectivity index (χ0v) is 7.00. The third-order valence-corrected chi connectivity index (χ3v) is 1.61. The Kier molecular flexibility index (Phi) is 2.19. The molecule has 0 aliphatic heterocycles. The second-order valence-corrected chi connectivity index (χ2v) is 3.00. The Hall–Kier alpha value is -1.29. The fraction of sp³-hybridized carbons (Fsp3) is 0.375. The van der Waals surface area contributed by atoms with Gasteiger partial charge in [-0.15, -0.1) is 0 Å². The summed E-state index contributed by atoms with van der Waals surface area (Å²) in [4.78, 5) is 10.7. The van der Waals surface area contributed by atoms with E-state index in [1.165, 1.54) is 6.92 Å². The second kappa shape index (κ2) is 2.98. The van der Waals surface area contributed by atoms with Crippen LogP contribution in [0.2, 0.25) is 0 Å². The van der Waals surface area contributed by atoms with Crippen molar-refractivity contribution in [2.24, 2.45) is 11.5 Å². The smallest absolute Gasteiger partial charge is 0.218 e. The highest BCUT2D eigenvalue weighted by Gasteiger charge is 2.24. The minimum Gasteiger partial charge on any atom is -0.402 e. The molecule has 4 nitrogen and oxygen atoms in total. The van der Waals surface area contributed by atoms with Crippen molar-refractivity contribution in [3.05, 3.63) is 23.9 Å². The monoisotopic (exact) mass is 167 g/mol. The van der Waals surface area contributed by atoms with Crippen molar-refractivity contribution >= 4 is 5.91 Å². The highest BCUT2D eigenvalue weighted by Crippen LogP contribution is 2.14. The number of carbonyl (C=O) groups excluding carboxylic acids is 1. The van der Waals surface area contributed by atoms with E-state index in [-0.39, 0.29) is 5.91 Å². The lowest BCUT2D eigenvalue weighted by Gasteiger charge is -2.28. The third-order valence-electron chi connectivity index (χ3n) is 1.61. The molecule has 0 spiro atoms. The molecular weight excluding hydrogens is 154 g/mol. The molecule has 4 heteroatoms. The van der Waals surface area contributed by atoms with Gasteiger partial charge in [0, 0.05) is 19.0 Å². The van der Waals surface area contributed by atoms with Gasteiger partial charge in [-0.3, -0.25) is 4.79 Å². The lowest BCUT2D eigenvalue weighted by molar-refractivity contribution is -0.120. The Morgan fingerprint density at radius 1 is 1.75 bits per heavy atom. The summed E-state index contributed by atoms with van der Waals surface area (Å²) in [5.74, 6) is -0.156. The maximum atomic E-state index is 10.7. The Morgan fingerprint density at radius 3 is 2.92 bits per heavy atom. The lowest BCUT2D eigenvalue weighted by Crippen LogP contribution is -2.55. The van der Waals surface area contributed by atoms with Gasteiger partial charge in [-0.05, 0) is 12.2 Å². The van der Waals surface area contributed by atoms with Crippen LogP contribution in [0.15, 0.2) is 23.9 Å². The van der Waals surface area contributed by atoms with E-state index in [1.807, 2.05) is 0 Å². The van der Waals surface area contributed by atoms with Crippen molar-refractivity contribution < 1.29 is 4.79 Å². The van der Waals surface area contributed by atoms with Gasteiger partial charge in [-0.2, -0.15) is 0 Å². The van der Waals surface area contributed by atoms with E-state index in [0.717, 1.165) is 0 Å². The maximum Gasteiger partial charge on any atom is 0.218 e. The fourth-order valence-electron chi connectivity index (χ4n) is 1.21. The van der Waals surface area contributed by atoms with Crippen LogP contribution in [-0.4, -0.2) is 11.6 Å². The van der Waals surface area contributed by atoms with Crippen LogP contribution in [0, 0.1) is 0 Å². The minimum absolute atomic E-state index is 0.156. The van der Waals surface area contributed by atoms with E-state index in [1.54, 1.807) is 18.2 Å². The van der Waals surface area contributed by atoms with E-state index in [9.17, 15) is 4.79 Å². The molecule has 1 amide bonds. The van der Waals surface area contributed by atoms with Gasteiger partial charge in [0.15, 0.2) is 0 Å². The minimum atomic E-state index is -0.801. The van der Waals surface area contributed by atoms with Crippen molar-refractivity contribution in [2.75, 3.05) is 0 Å². The van der Waals surface area contributed by atoms with Gasteiger partial charge < -0.3 is 16.8 Å². The zero-order valence-electron chi connectivity index (χ0n) is 7.00. The number of rotatable bonds is 1. The molecule has 0 aromatic heterocycles. The second-order valence-electron chi connectivity index (χ2n) is 3.00. The molecule has 0 aromatic carbocycles. The van der Waals surface area contributed by atoms with Crippen LogP contribution in [0.1, 0.15) is 13.3 Å². The first-order chi connectivity index (χ1) is 5.52. The molecule has 0 saturated heterocycles. The molecule has 0 fully saturated rings. The number of hydrogen-bond donors (Lipinski definition) is 3. The van der Waals surface area contributed by atoms with Crippen LogP contribution in [0.5, 0.6) is 0 Å². The topological polar surface area (TPSA) is 81.1 Å². The summed E-state index contributed by atoms with van der Waals surface area (Å²) in [5.41, 5.74) is 11.2. The van der Waals surface area contributed by atoms with Crippen LogP contribution in [0.4, 0.5) is 0 Å². The SMILES string of the molecule is CC(=O)NC1(N)C=CC=C(N)C1. The molecule has 1 rings (SSSR count). The molecule has 12 heavy (non-hydrogen) atoms. The van der Waals surface area contributed by atoms with E-state index in [2.05, 4.69) is 5.32 Å². The van der Waals surface area contributed by atoms with Crippen molar-refractivity contribution in [1.29, 1.82) is 0 Å². The molecule has 1 unspecified atom stereocenters. The summed E-state index contributed by atoms with van der Waals surface area (Å²) in [7, 11) is 0. The Labute approximate surface area is 71.3 Å². The van der Waals surface area contributed by atoms with Crippen molar-refractivity contribution in [3.8, 4) is 0 Å². The van der Waals surface area contributed by atoms with Crippen LogP contribution in [0.25, 0.3) is 0 Å². The van der Waals surface area contributed by atoms with E-state index in [4.69, 9.17) is 11.5 Å². The number of allylic oxidation sites excluding steroid dienone is 2. The van der Waals surface area contributed by atoms with E-state index >= 15 is 0 Å². The molecule has 0 heterocycles. The third kappa shape index (κ3) is 2.10. The van der Waals surface area contributed by atoms with E-state index in [0.29, 0.717) is 12.1 Å². The van der Waals surface area contributed by atoms with Gasteiger partial charge in [0.25, 0.3) is 0 Å². The van der Waals surface area contributed by atoms with E-state index < -0.39 is 5.66 Å². The Bertz CT molecular complexity index is 253. The maximum absolute atomic E-state index is 10.7. The summed E-state index contributed by atoms with van der Waals surface area (Å²) in [6.45, 7) is 1.43. The van der Waals surface area contributed by atoms with Gasteiger partial charge in [-0.1, -0.05) is 6.08 Å². The van der Waals surface area contributed by atoms with Crippen LogP contribution >= 0.6 is 0 Å². The molecule has 1 aliphatic rings. The average molecular weight is 167 g/mol. The number of nitrogens with two attached hydrogens (primary N) is 2. The predicted octanol–water partition coefficient (Wildman–Crippen LogP) is -0.420. The first kappa shape index (κ1) is 8.80. The molecule has 1 atom stereocenters. The molecule has 1 aliphatic carbocycles. The van der Waals surface area contributed by atoms with Gasteiger partial charge in [0.05, 0.1) is 0 Å². The first-order valence-corrected chi connectivity index (χ1v) is 3.73. The summed E-state index contributed by atoms with van der Waals surface area (Å²) in [5, 5.41) is 2.62. The number of nitrogens with one attached hydrogen (secondary N) is 1. The molecular formula is C8H13N3O. The molecule has 0 aromatic rings. The normalized spacial score (nSPS) is 28.0. The lowest BCUT2D eigenvalue weighted by atomic mass is 10.00. The molecule has 0 radical (unpaired) electrons.